The van der Waals surface area contributed by atoms with Gasteiger partial charge in [0.15, 0.2) is 0 Å². The van der Waals surface area contributed by atoms with Gasteiger partial charge in [-0.1, -0.05) is 6.92 Å². The van der Waals surface area contributed by atoms with Crippen LogP contribution >= 0.6 is 0 Å². The average Bonchev–Trinajstić information content (AvgIpc) is 2.30. The molecule has 1 aliphatic heterocycles. The minimum atomic E-state index is 0.464. The van der Waals surface area contributed by atoms with E-state index in [9.17, 15) is 0 Å². The first-order valence-corrected chi connectivity index (χ1v) is 7.18. The fraction of sp³-hybridized carbons (Fsp3) is 1.00. The van der Waals surface area contributed by atoms with Crippen LogP contribution in [0.2, 0.25) is 0 Å². The lowest BCUT2D eigenvalue weighted by molar-refractivity contribution is -0.00798. The van der Waals surface area contributed by atoms with Crippen molar-refractivity contribution in [1.82, 2.24) is 10.2 Å². The van der Waals surface area contributed by atoms with E-state index in [1.165, 1.54) is 25.7 Å². The van der Waals surface area contributed by atoms with Gasteiger partial charge in [0.2, 0.25) is 0 Å². The molecule has 0 aliphatic carbocycles. The first-order chi connectivity index (χ1) is 8.13. The number of rotatable bonds is 7. The van der Waals surface area contributed by atoms with E-state index in [4.69, 9.17) is 4.74 Å². The Morgan fingerprint density at radius 2 is 2.12 bits per heavy atom. The Labute approximate surface area is 107 Å². The molecule has 0 aromatic rings. The fourth-order valence-electron chi connectivity index (χ4n) is 2.58. The van der Waals surface area contributed by atoms with Crippen LogP contribution in [0.25, 0.3) is 0 Å². The van der Waals surface area contributed by atoms with Crippen molar-refractivity contribution in [1.29, 1.82) is 0 Å². The quantitative estimate of drug-likeness (QED) is 0.741. The van der Waals surface area contributed by atoms with Crippen LogP contribution in [0.15, 0.2) is 0 Å². The summed E-state index contributed by atoms with van der Waals surface area (Å²) in [5, 5.41) is 3.48. The summed E-state index contributed by atoms with van der Waals surface area (Å²) < 4.78 is 5.79. The molecule has 3 atom stereocenters. The summed E-state index contributed by atoms with van der Waals surface area (Å²) in [7, 11) is 2.22. The standard InChI is InChI=1S/C14H30N2O/c1-5-15-12(2)10-13(3)16(4)11-14-8-6-7-9-17-14/h12-15H,5-11H2,1-4H3. The summed E-state index contributed by atoms with van der Waals surface area (Å²) in [6.07, 6.45) is 5.48. The third-order valence-electron chi connectivity index (χ3n) is 3.77. The van der Waals surface area contributed by atoms with Gasteiger partial charge in [0.05, 0.1) is 6.10 Å². The van der Waals surface area contributed by atoms with Gasteiger partial charge < -0.3 is 15.0 Å². The van der Waals surface area contributed by atoms with E-state index < -0.39 is 0 Å². The minimum absolute atomic E-state index is 0.464. The van der Waals surface area contributed by atoms with Crippen LogP contribution in [0.1, 0.15) is 46.5 Å². The highest BCUT2D eigenvalue weighted by atomic mass is 16.5. The molecule has 3 heteroatoms. The Kier molecular flexibility index (Phi) is 7.09. The first kappa shape index (κ1) is 14.9. The van der Waals surface area contributed by atoms with Crippen molar-refractivity contribution >= 4 is 0 Å². The SMILES string of the molecule is CCNC(C)CC(C)N(C)CC1CCCCO1. The van der Waals surface area contributed by atoms with E-state index in [2.05, 4.69) is 38.0 Å². The van der Waals surface area contributed by atoms with Crippen LogP contribution in [-0.2, 0) is 4.74 Å². The van der Waals surface area contributed by atoms with Gasteiger partial charge in [0, 0.05) is 25.2 Å². The second-order valence-corrected chi connectivity index (χ2v) is 5.47. The second kappa shape index (κ2) is 8.06. The van der Waals surface area contributed by atoms with Crippen LogP contribution in [0.3, 0.4) is 0 Å². The fourth-order valence-corrected chi connectivity index (χ4v) is 2.58. The van der Waals surface area contributed by atoms with Gasteiger partial charge in [-0.25, -0.2) is 0 Å². The van der Waals surface area contributed by atoms with Crippen molar-refractivity contribution in [2.45, 2.75) is 64.6 Å². The van der Waals surface area contributed by atoms with Gasteiger partial charge in [-0.15, -0.1) is 0 Å². The minimum Gasteiger partial charge on any atom is -0.377 e. The molecule has 0 bridgehead atoms. The second-order valence-electron chi connectivity index (χ2n) is 5.47. The highest BCUT2D eigenvalue weighted by molar-refractivity contribution is 4.74. The molecule has 0 radical (unpaired) electrons. The van der Waals surface area contributed by atoms with Crippen LogP contribution in [0, 0.1) is 0 Å². The third kappa shape index (κ3) is 5.84. The summed E-state index contributed by atoms with van der Waals surface area (Å²) in [4.78, 5) is 2.45. The molecular formula is C14H30N2O. The number of ether oxygens (including phenoxy) is 1. The molecule has 17 heavy (non-hydrogen) atoms. The lowest BCUT2D eigenvalue weighted by atomic mass is 10.1. The molecular weight excluding hydrogens is 212 g/mol. The van der Waals surface area contributed by atoms with Gasteiger partial charge in [0.25, 0.3) is 0 Å². The highest BCUT2D eigenvalue weighted by Crippen LogP contribution is 2.15. The maximum atomic E-state index is 5.79. The van der Waals surface area contributed by atoms with Gasteiger partial charge in [-0.05, 0) is 53.1 Å². The Morgan fingerprint density at radius 1 is 1.35 bits per heavy atom. The van der Waals surface area contributed by atoms with E-state index in [0.29, 0.717) is 18.2 Å². The normalized spacial score (nSPS) is 24.9. The molecule has 1 aliphatic rings. The molecule has 1 fully saturated rings. The Balaban J connectivity index is 2.22. The van der Waals surface area contributed by atoms with Crippen molar-refractivity contribution in [2.75, 3.05) is 26.7 Å². The maximum absolute atomic E-state index is 5.79. The zero-order valence-corrected chi connectivity index (χ0v) is 12.0. The lowest BCUT2D eigenvalue weighted by Gasteiger charge is -2.32. The molecule has 1 rings (SSSR count). The monoisotopic (exact) mass is 242 g/mol. The van der Waals surface area contributed by atoms with Crippen LogP contribution in [0.5, 0.6) is 0 Å². The number of hydrogen-bond acceptors (Lipinski definition) is 3. The molecule has 0 saturated carbocycles. The number of hydrogen-bond donors (Lipinski definition) is 1. The number of nitrogens with zero attached hydrogens (tertiary/aromatic N) is 1. The molecule has 1 heterocycles. The molecule has 102 valence electrons. The van der Waals surface area contributed by atoms with Gasteiger partial charge in [-0.3, -0.25) is 0 Å². The van der Waals surface area contributed by atoms with Crippen molar-refractivity contribution in [3.63, 3.8) is 0 Å². The Bertz CT molecular complexity index is 193. The molecule has 1 saturated heterocycles. The van der Waals surface area contributed by atoms with Crippen molar-refractivity contribution in [3.8, 4) is 0 Å². The molecule has 0 spiro atoms. The van der Waals surface area contributed by atoms with Crippen molar-refractivity contribution in [3.05, 3.63) is 0 Å². The summed E-state index contributed by atoms with van der Waals surface area (Å²) >= 11 is 0. The van der Waals surface area contributed by atoms with E-state index in [1.54, 1.807) is 0 Å². The summed E-state index contributed by atoms with van der Waals surface area (Å²) in [6, 6.07) is 1.22. The summed E-state index contributed by atoms with van der Waals surface area (Å²) in [6.45, 7) is 9.85. The average molecular weight is 242 g/mol. The maximum Gasteiger partial charge on any atom is 0.0702 e. The molecule has 1 N–H and O–H groups in total. The van der Waals surface area contributed by atoms with E-state index >= 15 is 0 Å². The van der Waals surface area contributed by atoms with Crippen molar-refractivity contribution < 1.29 is 4.74 Å². The Hall–Kier alpha value is -0.120. The number of nitrogens with one attached hydrogen (secondary N) is 1. The van der Waals surface area contributed by atoms with E-state index in [-0.39, 0.29) is 0 Å². The molecule has 0 amide bonds. The molecule has 0 aromatic heterocycles. The van der Waals surface area contributed by atoms with Crippen LogP contribution in [-0.4, -0.2) is 49.8 Å². The van der Waals surface area contributed by atoms with Gasteiger partial charge in [-0.2, -0.15) is 0 Å². The topological polar surface area (TPSA) is 24.5 Å². The van der Waals surface area contributed by atoms with Crippen molar-refractivity contribution in [2.24, 2.45) is 0 Å². The van der Waals surface area contributed by atoms with Crippen LogP contribution in [0.4, 0.5) is 0 Å². The van der Waals surface area contributed by atoms with Crippen LogP contribution < -0.4 is 5.32 Å². The van der Waals surface area contributed by atoms with Gasteiger partial charge in [0.1, 0.15) is 0 Å². The molecule has 0 aromatic carbocycles. The predicted molar refractivity (Wildman–Crippen MR) is 73.4 cm³/mol. The lowest BCUT2D eigenvalue weighted by Crippen LogP contribution is -2.41. The number of likely N-dealkylation sites (N-methyl/N-ethyl adjacent to an activating group) is 1. The predicted octanol–water partition coefficient (Wildman–Crippen LogP) is 2.26. The summed E-state index contributed by atoms with van der Waals surface area (Å²) in [5.74, 6) is 0. The molecule has 3 unspecified atom stereocenters. The zero-order valence-electron chi connectivity index (χ0n) is 12.0. The zero-order chi connectivity index (χ0) is 12.7. The van der Waals surface area contributed by atoms with Gasteiger partial charge >= 0.3 is 0 Å². The highest BCUT2D eigenvalue weighted by Gasteiger charge is 2.19. The first-order valence-electron chi connectivity index (χ1n) is 7.18. The van der Waals surface area contributed by atoms with E-state index in [0.717, 1.165) is 19.7 Å². The summed E-state index contributed by atoms with van der Waals surface area (Å²) in [5.41, 5.74) is 0. The Morgan fingerprint density at radius 3 is 2.71 bits per heavy atom. The third-order valence-corrected chi connectivity index (χ3v) is 3.77. The van der Waals surface area contributed by atoms with E-state index in [1.807, 2.05) is 0 Å². The molecule has 3 nitrogen and oxygen atoms in total. The largest absolute Gasteiger partial charge is 0.377 e. The smallest absolute Gasteiger partial charge is 0.0702 e.